The molecule has 2 N–H and O–H groups in total. The largest absolute Gasteiger partial charge is 0.507 e. The lowest BCUT2D eigenvalue weighted by Gasteiger charge is -2.00. The molecule has 0 bridgehead atoms. The van der Waals surface area contributed by atoms with E-state index in [0.717, 1.165) is 5.52 Å². The molecule has 3 rings (SSSR count). The zero-order chi connectivity index (χ0) is 12.7. The Kier molecular flexibility index (Phi) is 2.65. The minimum absolute atomic E-state index is 0.0812. The van der Waals surface area contributed by atoms with Gasteiger partial charge in [0.2, 0.25) is 0 Å². The Labute approximate surface area is 113 Å². The number of fused-ring (bicyclic) bond motifs is 1. The third-order valence-electron chi connectivity index (χ3n) is 2.68. The van der Waals surface area contributed by atoms with Gasteiger partial charge >= 0.3 is 0 Å². The van der Waals surface area contributed by atoms with Gasteiger partial charge < -0.3 is 10.1 Å². The van der Waals surface area contributed by atoms with Crippen molar-refractivity contribution in [2.75, 3.05) is 0 Å². The van der Waals surface area contributed by atoms with Gasteiger partial charge in [-0.2, -0.15) is 0 Å². The minimum Gasteiger partial charge on any atom is -0.507 e. The zero-order valence-electron chi connectivity index (χ0n) is 9.11. The van der Waals surface area contributed by atoms with Gasteiger partial charge in [0, 0.05) is 5.02 Å². The van der Waals surface area contributed by atoms with Gasteiger partial charge in [0.25, 0.3) is 0 Å². The van der Waals surface area contributed by atoms with E-state index in [2.05, 4.69) is 9.97 Å². The highest BCUT2D eigenvalue weighted by atomic mass is 35.5. The highest BCUT2D eigenvalue weighted by Crippen LogP contribution is 2.32. The molecule has 0 amide bonds. The second kappa shape index (κ2) is 4.19. The molecule has 3 nitrogen and oxygen atoms in total. The average molecular weight is 279 g/mol. The van der Waals surface area contributed by atoms with Crippen LogP contribution in [0.25, 0.3) is 22.4 Å². The third kappa shape index (κ3) is 1.82. The number of aromatic hydroxyl groups is 1. The molecule has 0 saturated heterocycles. The fourth-order valence-electron chi connectivity index (χ4n) is 1.83. The van der Waals surface area contributed by atoms with Gasteiger partial charge in [-0.05, 0) is 30.3 Å². The number of aromatic nitrogens is 2. The molecule has 0 aliphatic rings. The first-order chi connectivity index (χ1) is 8.65. The van der Waals surface area contributed by atoms with Crippen LogP contribution in [0.3, 0.4) is 0 Å². The molecule has 5 heteroatoms. The summed E-state index contributed by atoms with van der Waals surface area (Å²) in [6, 6.07) is 10.4. The van der Waals surface area contributed by atoms with E-state index in [9.17, 15) is 5.11 Å². The van der Waals surface area contributed by atoms with Crippen LogP contribution in [0.2, 0.25) is 10.0 Å². The predicted molar refractivity (Wildman–Crippen MR) is 73.2 cm³/mol. The van der Waals surface area contributed by atoms with Crippen molar-refractivity contribution in [3.63, 3.8) is 0 Å². The Hall–Kier alpha value is -1.71. The summed E-state index contributed by atoms with van der Waals surface area (Å²) in [7, 11) is 0. The van der Waals surface area contributed by atoms with Gasteiger partial charge in [0.15, 0.2) is 0 Å². The number of imidazole rings is 1. The van der Waals surface area contributed by atoms with E-state index in [1.165, 1.54) is 6.07 Å². The van der Waals surface area contributed by atoms with E-state index in [1.54, 1.807) is 18.2 Å². The van der Waals surface area contributed by atoms with Crippen LogP contribution in [0.15, 0.2) is 36.4 Å². The molecule has 0 unspecified atom stereocenters. The molecule has 2 aromatic carbocycles. The topological polar surface area (TPSA) is 48.9 Å². The van der Waals surface area contributed by atoms with Crippen LogP contribution in [0.5, 0.6) is 5.75 Å². The standard InChI is InChI=1S/C13H8Cl2N2O/c14-7-4-5-8(11(18)6-7)13-16-10-3-1-2-9(15)12(10)17-13/h1-6,18H,(H,16,17). The SMILES string of the molecule is Oc1cc(Cl)ccc1-c1nc2c(Cl)cccc2[nH]1. The number of benzene rings is 2. The van der Waals surface area contributed by atoms with Crippen LogP contribution in [-0.4, -0.2) is 15.1 Å². The van der Waals surface area contributed by atoms with E-state index in [0.29, 0.717) is 26.9 Å². The minimum atomic E-state index is 0.0812. The maximum absolute atomic E-state index is 9.86. The third-order valence-corrected chi connectivity index (χ3v) is 3.22. The molecule has 0 atom stereocenters. The molecule has 0 aliphatic carbocycles. The lowest BCUT2D eigenvalue weighted by atomic mass is 10.2. The van der Waals surface area contributed by atoms with Crippen LogP contribution in [0.1, 0.15) is 0 Å². The number of phenolic OH excluding ortho intramolecular Hbond substituents is 1. The molecule has 0 radical (unpaired) electrons. The number of H-pyrrole nitrogens is 1. The van der Waals surface area contributed by atoms with Crippen LogP contribution in [0.4, 0.5) is 0 Å². The molecule has 1 heterocycles. The molecule has 18 heavy (non-hydrogen) atoms. The number of halogens is 2. The number of rotatable bonds is 1. The summed E-state index contributed by atoms with van der Waals surface area (Å²) in [6.45, 7) is 0. The van der Waals surface area contributed by atoms with Crippen LogP contribution >= 0.6 is 23.2 Å². The summed E-state index contributed by atoms with van der Waals surface area (Å²) in [5.74, 6) is 0.643. The fraction of sp³-hybridized carbons (Fsp3) is 0. The van der Waals surface area contributed by atoms with Gasteiger partial charge in [-0.15, -0.1) is 0 Å². The monoisotopic (exact) mass is 278 g/mol. The van der Waals surface area contributed by atoms with E-state index >= 15 is 0 Å². The normalized spacial score (nSPS) is 11.0. The van der Waals surface area contributed by atoms with Crippen molar-refractivity contribution >= 4 is 34.2 Å². The van der Waals surface area contributed by atoms with E-state index in [1.807, 2.05) is 12.1 Å². The summed E-state index contributed by atoms with van der Waals surface area (Å²) in [5.41, 5.74) is 2.10. The van der Waals surface area contributed by atoms with Gasteiger partial charge in [0.05, 0.1) is 16.1 Å². The van der Waals surface area contributed by atoms with E-state index in [4.69, 9.17) is 23.2 Å². The number of hydrogen-bond acceptors (Lipinski definition) is 2. The maximum atomic E-state index is 9.86. The summed E-state index contributed by atoms with van der Waals surface area (Å²) < 4.78 is 0. The molecule has 1 aromatic heterocycles. The first-order valence-corrected chi connectivity index (χ1v) is 6.04. The lowest BCUT2D eigenvalue weighted by molar-refractivity contribution is 0.477. The fourth-order valence-corrected chi connectivity index (χ4v) is 2.21. The molecule has 0 saturated carbocycles. The number of nitrogens with one attached hydrogen (secondary N) is 1. The first-order valence-electron chi connectivity index (χ1n) is 5.28. The van der Waals surface area contributed by atoms with Crippen molar-refractivity contribution in [3.8, 4) is 17.1 Å². The molecule has 0 aliphatic heterocycles. The zero-order valence-corrected chi connectivity index (χ0v) is 10.6. The average Bonchev–Trinajstić information content (AvgIpc) is 2.74. The van der Waals surface area contributed by atoms with Crippen molar-refractivity contribution in [3.05, 3.63) is 46.4 Å². The Morgan fingerprint density at radius 2 is 1.94 bits per heavy atom. The second-order valence-corrected chi connectivity index (χ2v) is 4.73. The number of phenols is 1. The van der Waals surface area contributed by atoms with Gasteiger partial charge in [0.1, 0.15) is 17.1 Å². The highest BCUT2D eigenvalue weighted by molar-refractivity contribution is 6.35. The van der Waals surface area contributed by atoms with Gasteiger partial charge in [-0.1, -0.05) is 29.3 Å². The maximum Gasteiger partial charge on any atom is 0.142 e. The Bertz CT molecular complexity index is 737. The smallest absolute Gasteiger partial charge is 0.142 e. The summed E-state index contributed by atoms with van der Waals surface area (Å²) in [6.07, 6.45) is 0. The summed E-state index contributed by atoms with van der Waals surface area (Å²) in [5, 5.41) is 10.9. The van der Waals surface area contributed by atoms with Crippen molar-refractivity contribution < 1.29 is 5.11 Å². The van der Waals surface area contributed by atoms with Crippen molar-refractivity contribution in [2.24, 2.45) is 0 Å². The number of para-hydroxylation sites is 1. The van der Waals surface area contributed by atoms with Crippen LogP contribution in [0, 0.1) is 0 Å². The molecule has 0 fully saturated rings. The molecule has 90 valence electrons. The Balaban J connectivity index is 2.23. The number of hydrogen-bond donors (Lipinski definition) is 2. The first kappa shape index (κ1) is 11.4. The van der Waals surface area contributed by atoms with E-state index in [-0.39, 0.29) is 5.75 Å². The second-order valence-electron chi connectivity index (χ2n) is 3.88. The van der Waals surface area contributed by atoms with Gasteiger partial charge in [-0.25, -0.2) is 4.98 Å². The van der Waals surface area contributed by atoms with Gasteiger partial charge in [-0.3, -0.25) is 0 Å². The van der Waals surface area contributed by atoms with Crippen molar-refractivity contribution in [1.29, 1.82) is 0 Å². The van der Waals surface area contributed by atoms with Crippen molar-refractivity contribution in [2.45, 2.75) is 0 Å². The lowest BCUT2D eigenvalue weighted by Crippen LogP contribution is -1.81. The summed E-state index contributed by atoms with van der Waals surface area (Å²) in [4.78, 5) is 7.50. The van der Waals surface area contributed by atoms with E-state index < -0.39 is 0 Å². The van der Waals surface area contributed by atoms with Crippen LogP contribution < -0.4 is 0 Å². The predicted octanol–water partition coefficient (Wildman–Crippen LogP) is 4.24. The molecule has 0 spiro atoms. The number of nitrogens with zero attached hydrogens (tertiary/aromatic N) is 1. The molecular formula is C13H8Cl2N2O. The Morgan fingerprint density at radius 3 is 2.67 bits per heavy atom. The molecular weight excluding hydrogens is 271 g/mol. The molecule has 3 aromatic rings. The van der Waals surface area contributed by atoms with Crippen LogP contribution in [-0.2, 0) is 0 Å². The van der Waals surface area contributed by atoms with Crippen molar-refractivity contribution in [1.82, 2.24) is 9.97 Å². The Morgan fingerprint density at radius 1 is 1.11 bits per heavy atom. The summed E-state index contributed by atoms with van der Waals surface area (Å²) >= 11 is 11.9. The quantitative estimate of drug-likeness (QED) is 0.699. The highest BCUT2D eigenvalue weighted by Gasteiger charge is 2.11. The number of aromatic amines is 1.